The predicted octanol–water partition coefficient (Wildman–Crippen LogP) is 1.72. The maximum atomic E-state index is 11.8. The van der Waals surface area contributed by atoms with Crippen LogP contribution in [0.15, 0.2) is 12.4 Å². The summed E-state index contributed by atoms with van der Waals surface area (Å²) in [6.07, 6.45) is -0.0174. The molecular weight excluding hydrogens is 138 g/mol. The lowest BCUT2D eigenvalue weighted by Crippen LogP contribution is -1.92. The van der Waals surface area contributed by atoms with Crippen molar-refractivity contribution >= 4 is 0 Å². The molecule has 1 aromatic rings. The van der Waals surface area contributed by atoms with Gasteiger partial charge in [-0.15, -0.1) is 0 Å². The Morgan fingerprint density at radius 3 is 2.50 bits per heavy atom. The molecule has 4 heteroatoms. The van der Waals surface area contributed by atoms with Crippen molar-refractivity contribution in [2.45, 2.75) is 13.3 Å². The van der Waals surface area contributed by atoms with Gasteiger partial charge in [-0.1, -0.05) is 0 Å². The number of rotatable bonds is 1. The van der Waals surface area contributed by atoms with Crippen LogP contribution in [0.5, 0.6) is 0 Å². The van der Waals surface area contributed by atoms with Crippen LogP contribution < -0.4 is 0 Å². The second kappa shape index (κ2) is 2.68. The van der Waals surface area contributed by atoms with Gasteiger partial charge in [-0.3, -0.25) is 4.98 Å². The topological polar surface area (TPSA) is 25.8 Å². The smallest absolute Gasteiger partial charge is 0.261 e. The summed E-state index contributed by atoms with van der Waals surface area (Å²) < 4.78 is 23.7. The summed E-state index contributed by atoms with van der Waals surface area (Å²) in [5.41, 5.74) is 0.248. The molecule has 0 spiro atoms. The Bertz CT molecular complexity index is 225. The minimum atomic E-state index is -2.52. The molecule has 1 aromatic heterocycles. The second-order valence-electron chi connectivity index (χ2n) is 1.89. The summed E-state index contributed by atoms with van der Waals surface area (Å²) in [5.74, 6) is 0. The Kier molecular flexibility index (Phi) is 1.89. The Morgan fingerprint density at radius 1 is 1.40 bits per heavy atom. The van der Waals surface area contributed by atoms with Crippen molar-refractivity contribution in [3.63, 3.8) is 0 Å². The average molecular weight is 144 g/mol. The summed E-state index contributed by atoms with van der Waals surface area (Å²) in [6.45, 7) is 1.62. The van der Waals surface area contributed by atoms with Crippen LogP contribution >= 0.6 is 0 Å². The van der Waals surface area contributed by atoms with Gasteiger partial charge in [0.1, 0.15) is 5.69 Å². The van der Waals surface area contributed by atoms with E-state index in [-0.39, 0.29) is 5.69 Å². The van der Waals surface area contributed by atoms with Crippen molar-refractivity contribution in [1.82, 2.24) is 9.97 Å². The quantitative estimate of drug-likeness (QED) is 0.599. The zero-order valence-electron chi connectivity index (χ0n) is 5.38. The van der Waals surface area contributed by atoms with Crippen LogP contribution in [0, 0.1) is 6.92 Å². The number of halogens is 2. The van der Waals surface area contributed by atoms with Gasteiger partial charge >= 0.3 is 0 Å². The van der Waals surface area contributed by atoms with Crippen LogP contribution in [0.2, 0.25) is 0 Å². The van der Waals surface area contributed by atoms with Gasteiger partial charge in [-0.05, 0) is 6.92 Å². The van der Waals surface area contributed by atoms with E-state index in [1.807, 2.05) is 0 Å². The van der Waals surface area contributed by atoms with Gasteiger partial charge < -0.3 is 0 Å². The molecule has 0 amide bonds. The van der Waals surface area contributed by atoms with Gasteiger partial charge in [-0.2, -0.15) is 0 Å². The van der Waals surface area contributed by atoms with Crippen LogP contribution in [0.25, 0.3) is 0 Å². The Balaban J connectivity index is 2.96. The summed E-state index contributed by atoms with van der Waals surface area (Å²) >= 11 is 0. The summed E-state index contributed by atoms with van der Waals surface area (Å²) in [5, 5.41) is 0. The van der Waals surface area contributed by atoms with Gasteiger partial charge in [0.15, 0.2) is 0 Å². The van der Waals surface area contributed by atoms with E-state index in [1.165, 1.54) is 6.20 Å². The van der Waals surface area contributed by atoms with Crippen LogP contribution in [0.3, 0.4) is 0 Å². The van der Waals surface area contributed by atoms with Crippen LogP contribution in [-0.2, 0) is 0 Å². The molecule has 0 N–H and O–H groups in total. The van der Waals surface area contributed by atoms with Crippen molar-refractivity contribution in [3.05, 3.63) is 23.8 Å². The molecule has 0 unspecified atom stereocenters. The molecule has 0 saturated heterocycles. The molecule has 0 fully saturated rings. The maximum Gasteiger partial charge on any atom is 0.281 e. The number of aromatic nitrogens is 2. The van der Waals surface area contributed by atoms with E-state index in [0.717, 1.165) is 6.20 Å². The maximum absolute atomic E-state index is 11.8. The van der Waals surface area contributed by atoms with E-state index < -0.39 is 6.43 Å². The fourth-order valence-electron chi connectivity index (χ4n) is 0.588. The lowest BCUT2D eigenvalue weighted by molar-refractivity contribution is 0.145. The first kappa shape index (κ1) is 7.05. The minimum Gasteiger partial charge on any atom is -0.261 e. The fraction of sp³-hybridized carbons (Fsp3) is 0.333. The molecule has 2 nitrogen and oxygen atoms in total. The molecule has 10 heavy (non-hydrogen) atoms. The lowest BCUT2D eigenvalue weighted by atomic mass is 10.4. The van der Waals surface area contributed by atoms with Crippen molar-refractivity contribution < 1.29 is 8.78 Å². The number of hydrogen-bond donors (Lipinski definition) is 0. The van der Waals surface area contributed by atoms with Crippen LogP contribution in [-0.4, -0.2) is 9.97 Å². The normalized spacial score (nSPS) is 10.4. The molecule has 0 bridgehead atoms. The number of alkyl halides is 2. The molecule has 0 aliphatic rings. The van der Waals surface area contributed by atoms with Crippen LogP contribution in [0.1, 0.15) is 17.8 Å². The Morgan fingerprint density at radius 2 is 2.10 bits per heavy atom. The average Bonchev–Trinajstić information content (AvgIpc) is 1.88. The molecule has 0 aliphatic heterocycles. The van der Waals surface area contributed by atoms with E-state index in [2.05, 4.69) is 9.97 Å². The zero-order chi connectivity index (χ0) is 7.56. The number of aryl methyl sites for hydroxylation is 1. The Labute approximate surface area is 56.9 Å². The first-order valence-corrected chi connectivity index (χ1v) is 2.77. The molecule has 1 rings (SSSR count). The van der Waals surface area contributed by atoms with Gasteiger partial charge in [0, 0.05) is 6.20 Å². The third-order valence-electron chi connectivity index (χ3n) is 0.997. The van der Waals surface area contributed by atoms with Gasteiger partial charge in [0.2, 0.25) is 0 Å². The highest BCUT2D eigenvalue weighted by molar-refractivity contribution is 5.01. The SMILES string of the molecule is Cc1cncc(C(F)F)n1. The standard InChI is InChI=1S/C6H6F2N2/c1-4-2-9-3-5(10-4)6(7)8/h2-3,6H,1H3. The second-order valence-corrected chi connectivity index (χ2v) is 1.89. The highest BCUT2D eigenvalue weighted by atomic mass is 19.3. The van der Waals surface area contributed by atoms with Crippen molar-refractivity contribution in [2.24, 2.45) is 0 Å². The van der Waals surface area contributed by atoms with Crippen molar-refractivity contribution in [3.8, 4) is 0 Å². The van der Waals surface area contributed by atoms with Crippen LogP contribution in [0.4, 0.5) is 8.78 Å². The monoisotopic (exact) mass is 144 g/mol. The first-order valence-electron chi connectivity index (χ1n) is 2.77. The largest absolute Gasteiger partial charge is 0.281 e. The summed E-state index contributed by atoms with van der Waals surface area (Å²) in [7, 11) is 0. The van der Waals surface area contributed by atoms with E-state index >= 15 is 0 Å². The molecule has 0 aliphatic carbocycles. The van der Waals surface area contributed by atoms with E-state index in [1.54, 1.807) is 6.92 Å². The fourth-order valence-corrected chi connectivity index (χ4v) is 0.588. The highest BCUT2D eigenvalue weighted by Gasteiger charge is 2.07. The third-order valence-corrected chi connectivity index (χ3v) is 0.997. The van der Waals surface area contributed by atoms with E-state index in [4.69, 9.17) is 0 Å². The third kappa shape index (κ3) is 1.46. The zero-order valence-corrected chi connectivity index (χ0v) is 5.38. The summed E-state index contributed by atoms with van der Waals surface area (Å²) in [6, 6.07) is 0. The van der Waals surface area contributed by atoms with Gasteiger partial charge in [0.25, 0.3) is 6.43 Å². The number of hydrogen-bond acceptors (Lipinski definition) is 2. The highest BCUT2D eigenvalue weighted by Crippen LogP contribution is 2.14. The van der Waals surface area contributed by atoms with E-state index in [0.29, 0.717) is 5.69 Å². The first-order chi connectivity index (χ1) is 4.70. The number of nitrogens with zero attached hydrogens (tertiary/aromatic N) is 2. The molecule has 0 radical (unpaired) electrons. The molecule has 0 atom stereocenters. The minimum absolute atomic E-state index is 0.264. The molecule has 54 valence electrons. The predicted molar refractivity (Wildman–Crippen MR) is 31.7 cm³/mol. The lowest BCUT2D eigenvalue weighted by Gasteiger charge is -1.96. The molecule has 0 saturated carbocycles. The molecule has 1 heterocycles. The molecule has 0 aromatic carbocycles. The van der Waals surface area contributed by atoms with Gasteiger partial charge in [0.05, 0.1) is 11.9 Å². The van der Waals surface area contributed by atoms with E-state index in [9.17, 15) is 8.78 Å². The Hall–Kier alpha value is -1.06. The van der Waals surface area contributed by atoms with Crippen molar-refractivity contribution in [1.29, 1.82) is 0 Å². The van der Waals surface area contributed by atoms with Gasteiger partial charge in [-0.25, -0.2) is 13.8 Å². The molecular formula is C6H6F2N2. The summed E-state index contributed by atoms with van der Waals surface area (Å²) in [4.78, 5) is 7.12. The van der Waals surface area contributed by atoms with Crippen molar-refractivity contribution in [2.75, 3.05) is 0 Å².